The molecule has 0 N–H and O–H groups in total. The number of hydrogen-bond acceptors (Lipinski definition) is 6. The predicted molar refractivity (Wildman–Crippen MR) is 150 cm³/mol. The first-order chi connectivity index (χ1) is 19.7. The van der Waals surface area contributed by atoms with E-state index in [1.165, 1.54) is 0 Å². The van der Waals surface area contributed by atoms with E-state index in [0.717, 1.165) is 16.7 Å². The van der Waals surface area contributed by atoms with E-state index in [4.69, 9.17) is 15.3 Å². The van der Waals surface area contributed by atoms with E-state index in [1.807, 2.05) is 91.0 Å². The van der Waals surface area contributed by atoms with Crippen LogP contribution in [-0.4, -0.2) is 36.2 Å². The van der Waals surface area contributed by atoms with Crippen LogP contribution in [-0.2, 0) is 0 Å². The van der Waals surface area contributed by atoms with Gasteiger partial charge in [0, 0.05) is 35.3 Å². The SMILES string of the molecule is N#Cc1cn([BH-](n2cc(C#N)c(-c3ccccc3)n2)n2cc(C#N)c(-c3ccccc3)n2)nc1-c1ccccc1. The highest BCUT2D eigenvalue weighted by Gasteiger charge is 2.22. The van der Waals surface area contributed by atoms with Crippen molar-refractivity contribution in [3.63, 3.8) is 0 Å². The highest BCUT2D eigenvalue weighted by molar-refractivity contribution is 6.52. The molecule has 40 heavy (non-hydrogen) atoms. The third kappa shape index (κ3) is 4.30. The van der Waals surface area contributed by atoms with E-state index < -0.39 is 7.12 Å². The summed E-state index contributed by atoms with van der Waals surface area (Å²) in [7, 11) is -2.01. The minimum atomic E-state index is -2.01. The van der Waals surface area contributed by atoms with Crippen LogP contribution in [0.5, 0.6) is 0 Å². The lowest BCUT2D eigenvalue weighted by Crippen LogP contribution is -2.43. The van der Waals surface area contributed by atoms with Gasteiger partial charge in [-0.3, -0.25) is 0 Å². The Hall–Kier alpha value is -6.18. The van der Waals surface area contributed by atoms with Gasteiger partial charge in [-0.2, -0.15) is 15.8 Å². The Balaban J connectivity index is 1.57. The van der Waals surface area contributed by atoms with Gasteiger partial charge in [-0.1, -0.05) is 91.0 Å². The Morgan fingerprint density at radius 2 is 0.725 bits per heavy atom. The summed E-state index contributed by atoms with van der Waals surface area (Å²) in [6.07, 6.45) is 4.98. The van der Waals surface area contributed by atoms with Crippen molar-refractivity contribution in [2.75, 3.05) is 0 Å². The van der Waals surface area contributed by atoms with Crippen molar-refractivity contribution in [2.45, 2.75) is 0 Å². The average molecular weight is 516 g/mol. The van der Waals surface area contributed by atoms with Gasteiger partial charge in [0.1, 0.15) is 35.3 Å². The molecule has 0 saturated carbocycles. The molecule has 3 aromatic heterocycles. The van der Waals surface area contributed by atoms with Crippen LogP contribution in [0.15, 0.2) is 110 Å². The molecule has 0 aliphatic rings. The summed E-state index contributed by atoms with van der Waals surface area (Å²) >= 11 is 0. The van der Waals surface area contributed by atoms with Crippen LogP contribution < -0.4 is 0 Å². The topological polar surface area (TPSA) is 125 Å². The summed E-state index contributed by atoms with van der Waals surface area (Å²) in [5.74, 6) is 0. The zero-order valence-corrected chi connectivity index (χ0v) is 21.1. The van der Waals surface area contributed by atoms with Crippen molar-refractivity contribution >= 4 is 7.12 Å². The average Bonchev–Trinajstić information content (AvgIpc) is 3.76. The molecular weight excluding hydrogens is 497 g/mol. The summed E-state index contributed by atoms with van der Waals surface area (Å²) in [6, 6.07) is 35.1. The molecule has 0 unspecified atom stereocenters. The van der Waals surface area contributed by atoms with E-state index in [0.29, 0.717) is 33.8 Å². The van der Waals surface area contributed by atoms with Crippen LogP contribution in [0.1, 0.15) is 16.7 Å². The summed E-state index contributed by atoms with van der Waals surface area (Å²) < 4.78 is 4.98. The second kappa shape index (κ2) is 10.3. The molecule has 3 aromatic carbocycles. The van der Waals surface area contributed by atoms with Crippen molar-refractivity contribution in [1.29, 1.82) is 15.8 Å². The first kappa shape index (κ1) is 24.2. The maximum atomic E-state index is 9.96. The van der Waals surface area contributed by atoms with E-state index in [2.05, 4.69) is 18.2 Å². The van der Waals surface area contributed by atoms with E-state index in [1.54, 1.807) is 32.4 Å². The molecule has 188 valence electrons. The van der Waals surface area contributed by atoms with E-state index in [9.17, 15) is 15.8 Å². The number of benzene rings is 3. The van der Waals surface area contributed by atoms with Gasteiger partial charge in [0.2, 0.25) is 0 Å². The first-order valence-corrected chi connectivity index (χ1v) is 12.5. The number of nitrogens with zero attached hydrogens (tertiary/aromatic N) is 9. The lowest BCUT2D eigenvalue weighted by atomic mass is 9.95. The Morgan fingerprint density at radius 3 is 0.975 bits per heavy atom. The number of hydrogen-bond donors (Lipinski definition) is 0. The molecule has 0 amide bonds. The van der Waals surface area contributed by atoms with E-state index in [-0.39, 0.29) is 0 Å². The summed E-state index contributed by atoms with van der Waals surface area (Å²) in [6.45, 7) is 0. The summed E-state index contributed by atoms with van der Waals surface area (Å²) in [5, 5.41) is 44.4. The Morgan fingerprint density at radius 1 is 0.450 bits per heavy atom. The molecule has 0 aliphatic heterocycles. The highest BCUT2D eigenvalue weighted by Crippen LogP contribution is 2.26. The van der Waals surface area contributed by atoms with Crippen molar-refractivity contribution < 1.29 is 0 Å². The summed E-state index contributed by atoms with van der Waals surface area (Å²) in [5.41, 5.74) is 5.10. The van der Waals surface area contributed by atoms with Gasteiger partial charge in [-0.05, 0) is 0 Å². The van der Waals surface area contributed by atoms with E-state index >= 15 is 0 Å². The van der Waals surface area contributed by atoms with Crippen molar-refractivity contribution in [3.8, 4) is 52.0 Å². The molecule has 0 radical (unpaired) electrons. The maximum Gasteiger partial charge on any atom is 0.326 e. The van der Waals surface area contributed by atoms with Gasteiger partial charge in [0.25, 0.3) is 0 Å². The number of aromatic nitrogens is 6. The standard InChI is InChI=1S/C30H19BN9/c32-16-25-19-38(35-28(25)22-10-4-1-5-11-22)31(39-20-26(17-33)29(36-39)23-12-6-2-7-13-23)40-21-27(18-34)30(37-40)24-14-8-3-9-15-24/h1-15,19-21,31H/q-1. The van der Waals surface area contributed by atoms with Gasteiger partial charge in [0.15, 0.2) is 0 Å². The summed E-state index contributed by atoms with van der Waals surface area (Å²) in [4.78, 5) is 0. The molecule has 0 bridgehead atoms. The number of rotatable bonds is 6. The fourth-order valence-corrected chi connectivity index (χ4v) is 4.82. The predicted octanol–water partition coefficient (Wildman–Crippen LogP) is 4.55. The normalized spacial score (nSPS) is 10.7. The fourth-order valence-electron chi connectivity index (χ4n) is 4.82. The van der Waals surface area contributed by atoms with Crippen molar-refractivity contribution in [2.24, 2.45) is 0 Å². The lowest BCUT2D eigenvalue weighted by molar-refractivity contribution is 0.775. The smallest absolute Gasteiger partial charge is 0.326 e. The van der Waals surface area contributed by atoms with Crippen LogP contribution in [0.25, 0.3) is 33.8 Å². The number of nitriles is 3. The highest BCUT2D eigenvalue weighted by atomic mass is 15.4. The second-order valence-corrected chi connectivity index (χ2v) is 9.15. The monoisotopic (exact) mass is 516 g/mol. The second-order valence-electron chi connectivity index (χ2n) is 9.15. The minimum absolute atomic E-state index is 0.385. The third-order valence-electron chi connectivity index (χ3n) is 6.66. The van der Waals surface area contributed by atoms with Crippen LogP contribution in [0, 0.1) is 34.0 Å². The maximum absolute atomic E-state index is 9.96. The first-order valence-electron chi connectivity index (χ1n) is 12.5. The van der Waals surface area contributed by atoms with Gasteiger partial charge < -0.3 is 13.8 Å². The Labute approximate surface area is 230 Å². The van der Waals surface area contributed by atoms with Gasteiger partial charge >= 0.3 is 7.12 Å². The molecule has 6 aromatic rings. The molecule has 10 heteroatoms. The van der Waals surface area contributed by atoms with Crippen LogP contribution in [0.2, 0.25) is 0 Å². The molecule has 6 rings (SSSR count). The third-order valence-corrected chi connectivity index (χ3v) is 6.66. The largest absolute Gasteiger partial charge is 0.401 e. The zero-order chi connectivity index (χ0) is 27.5. The molecule has 0 fully saturated rings. The Bertz CT molecular complexity index is 1710. The molecule has 9 nitrogen and oxygen atoms in total. The van der Waals surface area contributed by atoms with Crippen LogP contribution >= 0.6 is 0 Å². The van der Waals surface area contributed by atoms with Gasteiger partial charge in [0.05, 0.1) is 16.7 Å². The molecule has 0 aliphatic carbocycles. The van der Waals surface area contributed by atoms with Gasteiger partial charge in [-0.25, -0.2) is 15.3 Å². The van der Waals surface area contributed by atoms with Gasteiger partial charge in [-0.15, -0.1) is 0 Å². The lowest BCUT2D eigenvalue weighted by Gasteiger charge is -2.26. The van der Waals surface area contributed by atoms with Crippen LogP contribution in [0.4, 0.5) is 0 Å². The quantitative estimate of drug-likeness (QED) is 0.299. The molecule has 0 saturated heterocycles. The van der Waals surface area contributed by atoms with Crippen LogP contribution in [0.3, 0.4) is 0 Å². The minimum Gasteiger partial charge on any atom is -0.401 e. The van der Waals surface area contributed by atoms with Crippen molar-refractivity contribution in [1.82, 2.24) is 29.1 Å². The molecule has 3 heterocycles. The van der Waals surface area contributed by atoms with Crippen molar-refractivity contribution in [3.05, 3.63) is 126 Å². The molecule has 0 spiro atoms. The zero-order valence-electron chi connectivity index (χ0n) is 21.1. The molecular formula is C30H19BN9-. The molecule has 0 atom stereocenters. The fraction of sp³-hybridized carbons (Fsp3) is 0. The Kier molecular flexibility index (Phi) is 6.22.